The molecule has 45 heavy (non-hydrogen) atoms. The maximum atomic E-state index is 13.8. The van der Waals surface area contributed by atoms with Crippen molar-refractivity contribution in [1.82, 2.24) is 14.8 Å². The molecule has 1 amide bonds. The monoisotopic (exact) mass is 633 g/mol. The Labute approximate surface area is 261 Å². The fourth-order valence-corrected chi connectivity index (χ4v) is 5.85. The van der Waals surface area contributed by atoms with Crippen molar-refractivity contribution in [3.8, 4) is 11.4 Å². The van der Waals surface area contributed by atoms with Crippen LogP contribution in [0.5, 0.6) is 5.75 Å². The highest BCUT2D eigenvalue weighted by atomic mass is 32.2. The van der Waals surface area contributed by atoms with Gasteiger partial charge in [-0.3, -0.25) is 14.3 Å². The molecule has 0 aliphatic heterocycles. The number of hydrazone groups is 1. The van der Waals surface area contributed by atoms with Crippen molar-refractivity contribution < 1.29 is 27.5 Å². The summed E-state index contributed by atoms with van der Waals surface area (Å²) in [5.41, 5.74) is 2.43. The Hall–Kier alpha value is -5.17. The summed E-state index contributed by atoms with van der Waals surface area (Å²) >= 11 is 0. The summed E-state index contributed by atoms with van der Waals surface area (Å²) in [5, 5.41) is 3.95. The van der Waals surface area contributed by atoms with Crippen molar-refractivity contribution in [2.24, 2.45) is 12.1 Å². The first kappa shape index (κ1) is 32.7. The van der Waals surface area contributed by atoms with Crippen LogP contribution in [-0.2, 0) is 31.4 Å². The van der Waals surface area contributed by atoms with E-state index < -0.39 is 39.6 Å². The van der Waals surface area contributed by atoms with Gasteiger partial charge >= 0.3 is 5.97 Å². The smallest absolute Gasteiger partial charge is 0.344 e. The lowest BCUT2D eigenvalue weighted by Crippen LogP contribution is -2.42. The van der Waals surface area contributed by atoms with E-state index >= 15 is 0 Å². The summed E-state index contributed by atoms with van der Waals surface area (Å²) in [6.45, 7) is 5.95. The van der Waals surface area contributed by atoms with Crippen LogP contribution in [0.2, 0.25) is 0 Å². The second-order valence-electron chi connectivity index (χ2n) is 11.0. The average Bonchev–Trinajstić information content (AvgIpc) is 3.22. The SMILES string of the molecule is Cc1c(N(CC(=O)N/N=C\c2ccc(OCC(=O)OC(C)(C)C)cc2)S(=O)(=O)c2ccccc2)c(=O)n(-c2ccccc2)n1C. The van der Waals surface area contributed by atoms with Crippen LogP contribution in [0.15, 0.2) is 99.7 Å². The predicted octanol–water partition coefficient (Wildman–Crippen LogP) is 3.55. The van der Waals surface area contributed by atoms with Gasteiger partial charge in [-0.25, -0.2) is 27.6 Å². The number of sulfonamides is 1. The molecule has 1 aromatic heterocycles. The largest absolute Gasteiger partial charge is 0.482 e. The molecule has 0 spiro atoms. The number of amides is 1. The molecule has 1 N–H and O–H groups in total. The van der Waals surface area contributed by atoms with E-state index in [1.54, 1.807) is 108 Å². The van der Waals surface area contributed by atoms with E-state index in [1.165, 1.54) is 27.7 Å². The molecule has 236 valence electrons. The molecule has 12 nitrogen and oxygen atoms in total. The summed E-state index contributed by atoms with van der Waals surface area (Å²) in [7, 11) is -2.70. The van der Waals surface area contributed by atoms with Gasteiger partial charge in [0.15, 0.2) is 6.61 Å². The second-order valence-corrected chi connectivity index (χ2v) is 12.8. The first-order chi connectivity index (χ1) is 21.3. The number of carbonyl (C=O) groups excluding carboxylic acids is 2. The number of ether oxygens (including phenoxy) is 2. The number of anilines is 1. The zero-order valence-corrected chi connectivity index (χ0v) is 26.4. The molecular weight excluding hydrogens is 598 g/mol. The van der Waals surface area contributed by atoms with Crippen LogP contribution in [0.25, 0.3) is 5.69 Å². The first-order valence-electron chi connectivity index (χ1n) is 14.0. The molecule has 13 heteroatoms. The molecule has 3 aromatic carbocycles. The van der Waals surface area contributed by atoms with Crippen LogP contribution in [0, 0.1) is 6.92 Å². The molecule has 0 saturated carbocycles. The summed E-state index contributed by atoms with van der Waals surface area (Å²) in [6.07, 6.45) is 1.36. The summed E-state index contributed by atoms with van der Waals surface area (Å²) < 4.78 is 42.0. The number of carbonyl (C=O) groups is 2. The summed E-state index contributed by atoms with van der Waals surface area (Å²) in [5.74, 6) is -0.830. The maximum Gasteiger partial charge on any atom is 0.344 e. The highest BCUT2D eigenvalue weighted by Crippen LogP contribution is 2.25. The van der Waals surface area contributed by atoms with Gasteiger partial charge < -0.3 is 9.47 Å². The Bertz CT molecular complexity index is 1840. The Morgan fingerprint density at radius 1 is 0.956 bits per heavy atom. The van der Waals surface area contributed by atoms with Crippen molar-refractivity contribution in [3.63, 3.8) is 0 Å². The molecule has 0 aliphatic rings. The number of para-hydroxylation sites is 1. The van der Waals surface area contributed by atoms with Gasteiger partial charge in [0.25, 0.3) is 21.5 Å². The molecule has 0 saturated heterocycles. The topological polar surface area (TPSA) is 141 Å². The van der Waals surface area contributed by atoms with Crippen molar-refractivity contribution in [2.75, 3.05) is 17.5 Å². The highest BCUT2D eigenvalue weighted by Gasteiger charge is 2.33. The van der Waals surface area contributed by atoms with Crippen molar-refractivity contribution in [1.29, 1.82) is 0 Å². The molecule has 0 aliphatic carbocycles. The van der Waals surface area contributed by atoms with Gasteiger partial charge in [0, 0.05) is 7.05 Å². The molecule has 0 unspecified atom stereocenters. The zero-order chi connectivity index (χ0) is 32.8. The van der Waals surface area contributed by atoms with E-state index in [1.807, 2.05) is 0 Å². The summed E-state index contributed by atoms with van der Waals surface area (Å²) in [4.78, 5) is 38.6. The minimum atomic E-state index is -4.34. The van der Waals surface area contributed by atoms with Crippen LogP contribution < -0.4 is 20.0 Å². The number of benzene rings is 3. The van der Waals surface area contributed by atoms with Crippen LogP contribution in [-0.4, -0.2) is 54.6 Å². The van der Waals surface area contributed by atoms with E-state index in [0.717, 1.165) is 4.31 Å². The number of aromatic nitrogens is 2. The van der Waals surface area contributed by atoms with Crippen LogP contribution in [0.3, 0.4) is 0 Å². The van der Waals surface area contributed by atoms with Crippen molar-refractivity contribution in [2.45, 2.75) is 38.2 Å². The number of nitrogens with zero attached hydrogens (tertiary/aromatic N) is 4. The van der Waals surface area contributed by atoms with Crippen LogP contribution >= 0.6 is 0 Å². The number of hydrogen-bond acceptors (Lipinski definition) is 8. The third kappa shape index (κ3) is 8.06. The normalized spacial score (nSPS) is 11.8. The van der Waals surface area contributed by atoms with Crippen LogP contribution in [0.1, 0.15) is 32.0 Å². The fourth-order valence-electron chi connectivity index (χ4n) is 4.35. The molecule has 0 fully saturated rings. The van der Waals surface area contributed by atoms with Gasteiger partial charge in [-0.15, -0.1) is 0 Å². The molecule has 4 rings (SSSR count). The molecule has 0 bridgehead atoms. The summed E-state index contributed by atoms with van der Waals surface area (Å²) in [6, 6.07) is 22.9. The average molecular weight is 634 g/mol. The van der Waals surface area contributed by atoms with Gasteiger partial charge in [-0.1, -0.05) is 36.4 Å². The van der Waals surface area contributed by atoms with E-state index in [-0.39, 0.29) is 17.2 Å². The second kappa shape index (κ2) is 13.6. The zero-order valence-electron chi connectivity index (χ0n) is 25.6. The lowest BCUT2D eigenvalue weighted by atomic mass is 10.2. The number of nitrogens with one attached hydrogen (secondary N) is 1. The van der Waals surface area contributed by atoms with Crippen molar-refractivity contribution in [3.05, 3.63) is 107 Å². The quantitative estimate of drug-likeness (QED) is 0.151. The van der Waals surface area contributed by atoms with E-state index in [0.29, 0.717) is 22.7 Å². The van der Waals surface area contributed by atoms with Gasteiger partial charge in [-0.05, 0) is 81.8 Å². The Morgan fingerprint density at radius 3 is 2.16 bits per heavy atom. The predicted molar refractivity (Wildman–Crippen MR) is 170 cm³/mol. The van der Waals surface area contributed by atoms with Crippen LogP contribution in [0.4, 0.5) is 5.69 Å². The Kier molecular flexibility index (Phi) is 9.92. The minimum absolute atomic E-state index is 0.0795. The van der Waals surface area contributed by atoms with E-state index in [4.69, 9.17) is 9.47 Å². The molecule has 0 atom stereocenters. The first-order valence-corrected chi connectivity index (χ1v) is 15.4. The Balaban J connectivity index is 1.53. The van der Waals surface area contributed by atoms with Crippen molar-refractivity contribution >= 4 is 33.8 Å². The molecule has 1 heterocycles. The minimum Gasteiger partial charge on any atom is -0.482 e. The highest BCUT2D eigenvalue weighted by molar-refractivity contribution is 7.92. The number of rotatable bonds is 11. The molecule has 4 aromatic rings. The lowest BCUT2D eigenvalue weighted by molar-refractivity contribution is -0.157. The lowest BCUT2D eigenvalue weighted by Gasteiger charge is -2.22. The third-order valence-electron chi connectivity index (χ3n) is 6.45. The standard InChI is InChI=1S/C32H35N5O7S/c1-23-30(31(40)37(35(23)5)25-12-8-6-9-13-25)36(45(41,42)27-14-10-7-11-15-27)21-28(38)34-33-20-24-16-18-26(19-17-24)43-22-29(39)44-32(2,3)4/h6-20H,21-22H2,1-5H3,(H,34,38)/b33-20-. The van der Waals surface area contributed by atoms with E-state index in [2.05, 4.69) is 10.5 Å². The fraction of sp³-hybridized carbons (Fsp3) is 0.250. The van der Waals surface area contributed by atoms with Gasteiger partial charge in [0.05, 0.1) is 22.5 Å². The molecular formula is C32H35N5O7S. The third-order valence-corrected chi connectivity index (χ3v) is 8.21. The maximum absolute atomic E-state index is 13.8. The number of esters is 1. The van der Waals surface area contributed by atoms with Gasteiger partial charge in [-0.2, -0.15) is 5.10 Å². The molecule has 0 radical (unpaired) electrons. The Morgan fingerprint density at radius 2 is 1.56 bits per heavy atom. The van der Waals surface area contributed by atoms with Gasteiger partial charge in [0.2, 0.25) is 0 Å². The van der Waals surface area contributed by atoms with Gasteiger partial charge in [0.1, 0.15) is 23.6 Å². The number of hydrogen-bond donors (Lipinski definition) is 1. The van der Waals surface area contributed by atoms with E-state index in [9.17, 15) is 22.8 Å².